The van der Waals surface area contributed by atoms with Gasteiger partial charge >= 0.3 is 5.97 Å². The van der Waals surface area contributed by atoms with Crippen LogP contribution in [-0.4, -0.2) is 85.2 Å². The van der Waals surface area contributed by atoms with E-state index in [0.717, 1.165) is 67.5 Å². The van der Waals surface area contributed by atoms with Gasteiger partial charge in [-0.3, -0.25) is 9.69 Å². The van der Waals surface area contributed by atoms with Crippen LogP contribution in [0.2, 0.25) is 0 Å². The first kappa shape index (κ1) is 32.5. The Bertz CT molecular complexity index is 1340. The maximum atomic E-state index is 13.5. The van der Waals surface area contributed by atoms with Gasteiger partial charge in [-0.1, -0.05) is 49.6 Å². The highest BCUT2D eigenvalue weighted by Crippen LogP contribution is 2.32. The van der Waals surface area contributed by atoms with Gasteiger partial charge in [0, 0.05) is 36.2 Å². The summed E-state index contributed by atoms with van der Waals surface area (Å²) < 4.78 is 29.7. The molecule has 2 aromatic carbocycles. The van der Waals surface area contributed by atoms with Crippen molar-refractivity contribution in [2.75, 3.05) is 31.4 Å². The van der Waals surface area contributed by atoms with E-state index in [1.54, 1.807) is 6.07 Å². The maximum Gasteiger partial charge on any atom is 0.326 e. The van der Waals surface area contributed by atoms with Gasteiger partial charge in [0.25, 0.3) is 5.91 Å². The number of carbonyl (C=O) groups is 2. The average molecular weight is 617 g/mol. The van der Waals surface area contributed by atoms with Gasteiger partial charge in [0.05, 0.1) is 18.5 Å². The average Bonchev–Trinajstić information content (AvgIpc) is 3.35. The number of nitrogens with zero attached hydrogens (tertiary/aromatic N) is 1. The number of ether oxygens (including phenoxy) is 1. The van der Waals surface area contributed by atoms with Crippen molar-refractivity contribution >= 4 is 33.5 Å². The van der Waals surface area contributed by atoms with Gasteiger partial charge in [-0.05, 0) is 73.2 Å². The summed E-state index contributed by atoms with van der Waals surface area (Å²) in [6.07, 6.45) is 10.6. The highest BCUT2D eigenvalue weighted by atomic mass is 32.2. The molecule has 1 saturated carbocycles. The molecule has 2 aliphatic rings. The van der Waals surface area contributed by atoms with Crippen molar-refractivity contribution in [1.82, 2.24) is 10.2 Å². The Morgan fingerprint density at radius 2 is 1.86 bits per heavy atom. The Kier molecular flexibility index (Phi) is 11.5. The summed E-state index contributed by atoms with van der Waals surface area (Å²) in [6.45, 7) is 4.42. The first-order valence-corrected chi connectivity index (χ1v) is 18.2. The number of nitrogens with one attached hydrogen (secondary N) is 1. The number of hydrogen-bond donors (Lipinski definition) is 2. The molecule has 0 spiro atoms. The number of carbonyl (C=O) groups excluding carboxylic acids is 1. The predicted octanol–water partition coefficient (Wildman–Crippen LogP) is 4.93. The number of thioether (sulfide) groups is 1. The Balaban J connectivity index is 1.57. The van der Waals surface area contributed by atoms with E-state index in [1.807, 2.05) is 55.1 Å². The van der Waals surface area contributed by atoms with Gasteiger partial charge in [-0.15, -0.1) is 0 Å². The van der Waals surface area contributed by atoms with Crippen molar-refractivity contribution in [2.45, 2.75) is 81.9 Å². The smallest absolute Gasteiger partial charge is 0.326 e. The third-order valence-corrected chi connectivity index (χ3v) is 10.4. The van der Waals surface area contributed by atoms with Crippen LogP contribution in [-0.2, 0) is 25.9 Å². The molecule has 0 radical (unpaired) electrons. The lowest BCUT2D eigenvalue weighted by Crippen LogP contribution is -2.42. The van der Waals surface area contributed by atoms with E-state index in [4.69, 9.17) is 4.74 Å². The molecule has 3 atom stereocenters. The number of carboxylic acid groups (broad SMARTS) is 1. The molecule has 1 aliphatic heterocycles. The Morgan fingerprint density at radius 1 is 1.12 bits per heavy atom. The van der Waals surface area contributed by atoms with Crippen LogP contribution in [0.3, 0.4) is 0 Å². The molecular formula is C32H44N2O6S2. The molecule has 2 fully saturated rings. The number of sulfone groups is 1. The van der Waals surface area contributed by atoms with Crippen molar-refractivity contribution in [3.8, 4) is 11.1 Å². The minimum atomic E-state index is -3.38. The molecule has 0 aromatic heterocycles. The van der Waals surface area contributed by atoms with Crippen LogP contribution in [0, 0.1) is 6.92 Å². The van der Waals surface area contributed by atoms with Gasteiger partial charge in [0.1, 0.15) is 15.9 Å². The lowest BCUT2D eigenvalue weighted by Gasteiger charge is -2.28. The molecule has 0 unspecified atom stereocenters. The molecule has 230 valence electrons. The second-order valence-corrected chi connectivity index (χ2v) is 15.1. The SMILES string of the molecule is CS[C@H]1C[C@H](COC2CCCCC2)N(Cc2ccc(C(=O)N[C@@H](CCS(C)(=O)=O)C(=O)O)c(-c3ccccc3C)c2)C1. The number of likely N-dealkylation sites (tertiary alicyclic amines) is 1. The Morgan fingerprint density at radius 3 is 2.52 bits per heavy atom. The van der Waals surface area contributed by atoms with Crippen molar-refractivity contribution in [2.24, 2.45) is 0 Å². The summed E-state index contributed by atoms with van der Waals surface area (Å²) in [5.41, 5.74) is 4.05. The molecule has 42 heavy (non-hydrogen) atoms. The molecule has 10 heteroatoms. The zero-order chi connectivity index (χ0) is 30.3. The van der Waals surface area contributed by atoms with E-state index in [2.05, 4.69) is 16.5 Å². The molecule has 8 nitrogen and oxygen atoms in total. The van der Waals surface area contributed by atoms with Crippen LogP contribution < -0.4 is 5.32 Å². The fourth-order valence-corrected chi connectivity index (χ4v) is 7.42. The van der Waals surface area contributed by atoms with Crippen molar-refractivity contribution in [3.63, 3.8) is 0 Å². The van der Waals surface area contributed by atoms with E-state index < -0.39 is 27.8 Å². The largest absolute Gasteiger partial charge is 0.480 e. The number of aryl methyl sites for hydroxylation is 1. The quantitative estimate of drug-likeness (QED) is 0.326. The minimum absolute atomic E-state index is 0.201. The monoisotopic (exact) mass is 616 g/mol. The first-order chi connectivity index (χ1) is 20.0. The summed E-state index contributed by atoms with van der Waals surface area (Å²) >= 11 is 1.90. The van der Waals surface area contributed by atoms with E-state index >= 15 is 0 Å². The summed E-state index contributed by atoms with van der Waals surface area (Å²) in [4.78, 5) is 27.8. The second kappa shape index (κ2) is 14.9. The number of carboxylic acids is 1. The minimum Gasteiger partial charge on any atom is -0.480 e. The Hall–Kier alpha value is -2.40. The molecular weight excluding hydrogens is 572 g/mol. The lowest BCUT2D eigenvalue weighted by atomic mass is 9.93. The van der Waals surface area contributed by atoms with E-state index in [9.17, 15) is 23.1 Å². The molecule has 2 N–H and O–H groups in total. The summed E-state index contributed by atoms with van der Waals surface area (Å²) in [6, 6.07) is 12.6. The molecule has 1 saturated heterocycles. The summed E-state index contributed by atoms with van der Waals surface area (Å²) in [5.74, 6) is -2.13. The van der Waals surface area contributed by atoms with Crippen LogP contribution in [0.1, 0.15) is 66.4 Å². The van der Waals surface area contributed by atoms with Crippen LogP contribution >= 0.6 is 11.8 Å². The standard InChI is InChI=1S/C32H44N2O6S2/c1-22-9-7-8-12-27(22)29-17-23(13-14-28(29)31(35)33-30(32(36)37)15-16-42(3,38)39)19-34-20-26(41-2)18-24(34)21-40-25-10-5-4-6-11-25/h7-9,12-14,17,24-26,30H,4-6,10-11,15-16,18-21H2,1-3H3,(H,33,35)(H,36,37)/t24-,26+,30+/m1/s1. The second-order valence-electron chi connectivity index (χ2n) is 11.7. The third-order valence-electron chi connectivity index (χ3n) is 8.43. The zero-order valence-corrected chi connectivity index (χ0v) is 26.5. The normalized spacial score (nSPS) is 20.8. The molecule has 1 aliphatic carbocycles. The van der Waals surface area contributed by atoms with E-state index in [0.29, 0.717) is 23.0 Å². The Labute approximate surface area is 254 Å². The highest BCUT2D eigenvalue weighted by Gasteiger charge is 2.33. The van der Waals surface area contributed by atoms with Crippen molar-refractivity contribution in [1.29, 1.82) is 0 Å². The highest BCUT2D eigenvalue weighted by molar-refractivity contribution is 7.99. The summed E-state index contributed by atoms with van der Waals surface area (Å²) in [5, 5.41) is 12.8. The lowest BCUT2D eigenvalue weighted by molar-refractivity contribution is -0.139. The fraction of sp³-hybridized carbons (Fsp3) is 0.562. The van der Waals surface area contributed by atoms with Crippen molar-refractivity contribution in [3.05, 3.63) is 59.2 Å². The third kappa shape index (κ3) is 9.05. The molecule has 4 rings (SSSR count). The van der Waals surface area contributed by atoms with Gasteiger partial charge in [0.2, 0.25) is 0 Å². The van der Waals surface area contributed by atoms with Gasteiger partial charge in [0.15, 0.2) is 0 Å². The van der Waals surface area contributed by atoms with Crippen LogP contribution in [0.25, 0.3) is 11.1 Å². The molecule has 1 heterocycles. The topological polar surface area (TPSA) is 113 Å². The number of benzene rings is 2. The van der Waals surface area contributed by atoms with Gasteiger partial charge in [-0.25, -0.2) is 13.2 Å². The maximum absolute atomic E-state index is 13.5. The van der Waals surface area contributed by atoms with E-state index in [1.165, 1.54) is 19.3 Å². The fourth-order valence-electron chi connectivity index (χ4n) is 6.00. The predicted molar refractivity (Wildman–Crippen MR) is 169 cm³/mol. The number of rotatable bonds is 13. The number of hydrogen-bond acceptors (Lipinski definition) is 7. The molecule has 2 aromatic rings. The van der Waals surface area contributed by atoms with Gasteiger partial charge in [-0.2, -0.15) is 11.8 Å². The van der Waals surface area contributed by atoms with Crippen molar-refractivity contribution < 1.29 is 27.9 Å². The summed E-state index contributed by atoms with van der Waals surface area (Å²) in [7, 11) is -3.38. The molecule has 0 bridgehead atoms. The van der Waals surface area contributed by atoms with Crippen LogP contribution in [0.4, 0.5) is 0 Å². The number of amides is 1. The van der Waals surface area contributed by atoms with Gasteiger partial charge < -0.3 is 15.2 Å². The van der Waals surface area contributed by atoms with E-state index in [-0.39, 0.29) is 12.2 Å². The molecule has 1 amide bonds. The zero-order valence-electron chi connectivity index (χ0n) is 24.9. The van der Waals surface area contributed by atoms with Crippen LogP contribution in [0.15, 0.2) is 42.5 Å². The van der Waals surface area contributed by atoms with Crippen LogP contribution in [0.5, 0.6) is 0 Å². The number of aliphatic carboxylic acids is 1. The first-order valence-electron chi connectivity index (χ1n) is 14.8.